The minimum absolute atomic E-state index is 0.0423. The lowest BCUT2D eigenvalue weighted by Crippen LogP contribution is -2.24. The van der Waals surface area contributed by atoms with Gasteiger partial charge in [-0.25, -0.2) is 0 Å². The van der Waals surface area contributed by atoms with Crippen molar-refractivity contribution in [2.24, 2.45) is 11.8 Å². The van der Waals surface area contributed by atoms with Crippen LogP contribution in [0.3, 0.4) is 0 Å². The standard InChI is InChI=1S/C25H24ClNO2/c1-16-5-3-4-6-19(16)14-27-10-9-18(24(15-27)17(2)28)11-21-12-20-13-22(26)7-8-23(20)25(21)29/h3-10,13,15,18,21H,11-12,14H2,1-2H3. The SMILES string of the molecule is CC(=O)C1=CN(Cc2ccccc2C)C=CC1CC1Cc2cc(Cl)ccc2C1=O. The molecule has 0 N–H and O–H groups in total. The number of hydrogen-bond donors (Lipinski definition) is 0. The molecule has 0 fully saturated rings. The van der Waals surface area contributed by atoms with Gasteiger partial charge in [-0.05, 0) is 61.6 Å². The van der Waals surface area contributed by atoms with Gasteiger partial charge in [-0.15, -0.1) is 0 Å². The van der Waals surface area contributed by atoms with E-state index in [4.69, 9.17) is 11.6 Å². The molecule has 4 rings (SSSR count). The van der Waals surface area contributed by atoms with Crippen molar-refractivity contribution in [3.8, 4) is 0 Å². The third-order valence-corrected chi connectivity index (χ3v) is 6.18. The van der Waals surface area contributed by atoms with Gasteiger partial charge in [0.1, 0.15) is 0 Å². The normalized spacial score (nSPS) is 20.6. The molecule has 3 nitrogen and oxygen atoms in total. The van der Waals surface area contributed by atoms with Gasteiger partial charge in [-0.3, -0.25) is 9.59 Å². The summed E-state index contributed by atoms with van der Waals surface area (Å²) >= 11 is 6.09. The van der Waals surface area contributed by atoms with Gasteiger partial charge in [0.05, 0.1) is 0 Å². The molecular formula is C25H24ClNO2. The second-order valence-electron chi connectivity index (χ2n) is 7.99. The first-order chi connectivity index (χ1) is 13.9. The molecule has 2 aliphatic rings. The molecule has 148 valence electrons. The first-order valence-electron chi connectivity index (χ1n) is 9.96. The van der Waals surface area contributed by atoms with Crippen molar-refractivity contribution in [3.63, 3.8) is 0 Å². The van der Waals surface area contributed by atoms with Gasteiger partial charge in [0.25, 0.3) is 0 Å². The quantitative estimate of drug-likeness (QED) is 0.658. The zero-order valence-corrected chi connectivity index (χ0v) is 17.4. The Hall–Kier alpha value is -2.65. The first kappa shape index (κ1) is 19.7. The Labute approximate surface area is 176 Å². The van der Waals surface area contributed by atoms with Gasteiger partial charge in [0, 0.05) is 46.9 Å². The molecule has 29 heavy (non-hydrogen) atoms. The monoisotopic (exact) mass is 405 g/mol. The van der Waals surface area contributed by atoms with E-state index in [1.807, 2.05) is 36.7 Å². The minimum atomic E-state index is -0.108. The van der Waals surface area contributed by atoms with Crippen molar-refractivity contribution in [1.82, 2.24) is 4.90 Å². The number of hydrogen-bond acceptors (Lipinski definition) is 3. The van der Waals surface area contributed by atoms with Gasteiger partial charge in [-0.1, -0.05) is 41.9 Å². The highest BCUT2D eigenvalue weighted by Gasteiger charge is 2.34. The minimum Gasteiger partial charge on any atom is -0.350 e. The van der Waals surface area contributed by atoms with Crippen LogP contribution >= 0.6 is 11.6 Å². The number of benzene rings is 2. The van der Waals surface area contributed by atoms with Gasteiger partial charge in [0.15, 0.2) is 11.6 Å². The zero-order valence-electron chi connectivity index (χ0n) is 16.7. The third-order valence-electron chi connectivity index (χ3n) is 5.94. The number of ketones is 2. The van der Waals surface area contributed by atoms with Crippen LogP contribution in [-0.4, -0.2) is 16.5 Å². The van der Waals surface area contributed by atoms with Gasteiger partial charge in [-0.2, -0.15) is 0 Å². The molecule has 0 saturated heterocycles. The van der Waals surface area contributed by atoms with E-state index in [9.17, 15) is 9.59 Å². The van der Waals surface area contributed by atoms with E-state index in [0.29, 0.717) is 17.9 Å². The van der Waals surface area contributed by atoms with Crippen molar-refractivity contribution < 1.29 is 9.59 Å². The number of rotatable bonds is 5. The van der Waals surface area contributed by atoms with Crippen LogP contribution in [-0.2, 0) is 17.8 Å². The van der Waals surface area contributed by atoms with Crippen LogP contribution in [0.1, 0.15) is 40.4 Å². The summed E-state index contributed by atoms with van der Waals surface area (Å²) in [6.07, 6.45) is 7.39. The highest BCUT2D eigenvalue weighted by atomic mass is 35.5. The van der Waals surface area contributed by atoms with Crippen LogP contribution in [0.4, 0.5) is 0 Å². The van der Waals surface area contributed by atoms with Gasteiger partial charge < -0.3 is 4.90 Å². The fourth-order valence-electron chi connectivity index (χ4n) is 4.32. The highest BCUT2D eigenvalue weighted by Crippen LogP contribution is 2.36. The number of halogens is 1. The molecule has 0 saturated carbocycles. The lowest BCUT2D eigenvalue weighted by molar-refractivity contribution is -0.114. The summed E-state index contributed by atoms with van der Waals surface area (Å²) < 4.78 is 0. The maximum absolute atomic E-state index is 12.8. The molecule has 1 aliphatic carbocycles. The summed E-state index contributed by atoms with van der Waals surface area (Å²) in [5, 5.41) is 0.658. The molecule has 4 heteroatoms. The summed E-state index contributed by atoms with van der Waals surface area (Å²) in [6, 6.07) is 13.7. The lowest BCUT2D eigenvalue weighted by Gasteiger charge is -2.27. The number of fused-ring (bicyclic) bond motifs is 1. The van der Waals surface area contributed by atoms with Crippen LogP contribution in [0.2, 0.25) is 5.02 Å². The molecule has 0 amide bonds. The Balaban J connectivity index is 1.50. The number of aryl methyl sites for hydroxylation is 1. The number of Topliss-reactive ketones (excluding diaryl/α,β-unsaturated/α-hetero) is 2. The van der Waals surface area contributed by atoms with E-state index in [1.54, 1.807) is 13.0 Å². The van der Waals surface area contributed by atoms with Crippen molar-refractivity contribution >= 4 is 23.2 Å². The summed E-state index contributed by atoms with van der Waals surface area (Å²) in [5.41, 5.74) is 5.01. The summed E-state index contributed by atoms with van der Waals surface area (Å²) in [6.45, 7) is 4.42. The van der Waals surface area contributed by atoms with Gasteiger partial charge >= 0.3 is 0 Å². The predicted molar refractivity (Wildman–Crippen MR) is 116 cm³/mol. The Kier molecular flexibility index (Phi) is 5.42. The molecular weight excluding hydrogens is 382 g/mol. The van der Waals surface area contributed by atoms with Crippen LogP contribution < -0.4 is 0 Å². The maximum Gasteiger partial charge on any atom is 0.166 e. The van der Waals surface area contributed by atoms with Crippen molar-refractivity contribution in [2.45, 2.75) is 33.2 Å². The lowest BCUT2D eigenvalue weighted by atomic mass is 9.84. The molecule has 0 bridgehead atoms. The van der Waals surface area contributed by atoms with Crippen molar-refractivity contribution in [2.75, 3.05) is 0 Å². The predicted octanol–water partition coefficient (Wildman–Crippen LogP) is 5.51. The van der Waals surface area contributed by atoms with E-state index in [0.717, 1.165) is 23.2 Å². The highest BCUT2D eigenvalue weighted by molar-refractivity contribution is 6.30. The molecule has 2 aromatic rings. The second kappa shape index (κ2) is 8.00. The van der Waals surface area contributed by atoms with Crippen molar-refractivity contribution in [1.29, 1.82) is 0 Å². The Morgan fingerprint density at radius 3 is 2.76 bits per heavy atom. The number of carbonyl (C=O) groups is 2. The number of allylic oxidation sites excluding steroid dienone is 2. The Morgan fingerprint density at radius 2 is 2.00 bits per heavy atom. The second-order valence-corrected chi connectivity index (χ2v) is 8.43. The van der Waals surface area contributed by atoms with Crippen LogP contribution in [0.15, 0.2) is 66.5 Å². The number of carbonyl (C=O) groups excluding carboxylic acids is 2. The largest absolute Gasteiger partial charge is 0.350 e. The maximum atomic E-state index is 12.8. The average molecular weight is 406 g/mol. The molecule has 2 atom stereocenters. The fraction of sp³-hybridized carbons (Fsp3) is 0.280. The zero-order chi connectivity index (χ0) is 20.5. The summed E-state index contributed by atoms with van der Waals surface area (Å²) in [7, 11) is 0. The van der Waals surface area contributed by atoms with Crippen LogP contribution in [0.5, 0.6) is 0 Å². The molecule has 0 radical (unpaired) electrons. The van der Waals surface area contributed by atoms with Gasteiger partial charge in [0.2, 0.25) is 0 Å². The van der Waals surface area contributed by atoms with E-state index < -0.39 is 0 Å². The molecule has 2 aromatic carbocycles. The first-order valence-corrected chi connectivity index (χ1v) is 10.3. The van der Waals surface area contributed by atoms with E-state index >= 15 is 0 Å². The molecule has 0 spiro atoms. The van der Waals surface area contributed by atoms with Crippen LogP contribution in [0, 0.1) is 18.8 Å². The topological polar surface area (TPSA) is 37.4 Å². The Morgan fingerprint density at radius 1 is 1.21 bits per heavy atom. The Bertz CT molecular complexity index is 1040. The molecule has 0 aromatic heterocycles. The molecule has 2 unspecified atom stereocenters. The van der Waals surface area contributed by atoms with Crippen LogP contribution in [0.25, 0.3) is 0 Å². The van der Waals surface area contributed by atoms with E-state index in [2.05, 4.69) is 30.0 Å². The third kappa shape index (κ3) is 4.06. The average Bonchev–Trinajstić information content (AvgIpc) is 2.99. The number of nitrogens with zero attached hydrogens (tertiary/aromatic N) is 1. The van der Waals surface area contributed by atoms with E-state index in [1.165, 1.54) is 11.1 Å². The molecule has 1 aliphatic heterocycles. The summed E-state index contributed by atoms with van der Waals surface area (Å²) in [4.78, 5) is 27.2. The smallest absolute Gasteiger partial charge is 0.166 e. The molecule has 1 heterocycles. The van der Waals surface area contributed by atoms with E-state index in [-0.39, 0.29) is 23.4 Å². The summed E-state index contributed by atoms with van der Waals surface area (Å²) in [5.74, 6) is 0.0681. The fourth-order valence-corrected chi connectivity index (χ4v) is 4.52. The van der Waals surface area contributed by atoms with Crippen molar-refractivity contribution in [3.05, 3.63) is 93.8 Å².